The van der Waals surface area contributed by atoms with E-state index < -0.39 is 0 Å². The van der Waals surface area contributed by atoms with Gasteiger partial charge in [0.05, 0.1) is 11.3 Å². The van der Waals surface area contributed by atoms with Crippen molar-refractivity contribution >= 4 is 11.9 Å². The highest BCUT2D eigenvalue weighted by Gasteiger charge is 2.23. The molecule has 5 heteroatoms. The van der Waals surface area contributed by atoms with Crippen LogP contribution in [0.15, 0.2) is 42.6 Å². The zero-order valence-electron chi connectivity index (χ0n) is 14.4. The van der Waals surface area contributed by atoms with Gasteiger partial charge in [-0.15, -0.1) is 0 Å². The van der Waals surface area contributed by atoms with E-state index in [2.05, 4.69) is 40.3 Å². The predicted octanol–water partition coefficient (Wildman–Crippen LogP) is 3.23. The number of piperidine rings is 1. The summed E-state index contributed by atoms with van der Waals surface area (Å²) in [6, 6.07) is 12.6. The minimum Gasteiger partial charge on any atom is -0.298 e. The number of fused-ring (bicyclic) bond motifs is 1. The molecule has 3 aromatic rings. The van der Waals surface area contributed by atoms with Crippen molar-refractivity contribution in [3.05, 3.63) is 65.1 Å². The van der Waals surface area contributed by atoms with E-state index >= 15 is 0 Å². The van der Waals surface area contributed by atoms with Crippen LogP contribution in [0.1, 0.15) is 46.1 Å². The Hall–Kier alpha value is -2.53. The predicted molar refractivity (Wildman–Crippen MR) is 96.8 cm³/mol. The fraction of sp³-hybridized carbons (Fsp3) is 0.350. The average molecular weight is 334 g/mol. The van der Waals surface area contributed by atoms with Gasteiger partial charge in [0.1, 0.15) is 0 Å². The van der Waals surface area contributed by atoms with Crippen LogP contribution in [0.25, 0.3) is 5.65 Å². The van der Waals surface area contributed by atoms with Gasteiger partial charge in [-0.25, -0.2) is 9.50 Å². The first-order valence-corrected chi connectivity index (χ1v) is 8.82. The monoisotopic (exact) mass is 334 g/mol. The van der Waals surface area contributed by atoms with E-state index in [1.165, 1.54) is 12.0 Å². The van der Waals surface area contributed by atoms with Crippen molar-refractivity contribution in [2.75, 3.05) is 13.1 Å². The largest absolute Gasteiger partial charge is 0.298 e. The highest BCUT2D eigenvalue weighted by Crippen LogP contribution is 2.27. The van der Waals surface area contributed by atoms with E-state index in [0.717, 1.165) is 43.7 Å². The van der Waals surface area contributed by atoms with Crippen LogP contribution in [0.3, 0.4) is 0 Å². The Morgan fingerprint density at radius 1 is 1.24 bits per heavy atom. The molecule has 2 aromatic heterocycles. The van der Waals surface area contributed by atoms with Gasteiger partial charge in [0.2, 0.25) is 0 Å². The van der Waals surface area contributed by atoms with E-state index in [4.69, 9.17) is 4.98 Å². The van der Waals surface area contributed by atoms with Gasteiger partial charge < -0.3 is 0 Å². The van der Waals surface area contributed by atoms with Crippen molar-refractivity contribution in [2.45, 2.75) is 32.2 Å². The number of hydrogen-bond acceptors (Lipinski definition) is 4. The molecule has 25 heavy (non-hydrogen) atoms. The Kier molecular flexibility index (Phi) is 4.32. The molecular formula is C20H22N4O. The lowest BCUT2D eigenvalue weighted by Gasteiger charge is -2.32. The molecule has 1 aromatic carbocycles. The molecule has 0 bridgehead atoms. The molecule has 1 aliphatic heterocycles. The highest BCUT2D eigenvalue weighted by atomic mass is 16.1. The summed E-state index contributed by atoms with van der Waals surface area (Å²) in [5.41, 5.74) is 4.41. The number of likely N-dealkylation sites (tertiary alicyclic amines) is 1. The summed E-state index contributed by atoms with van der Waals surface area (Å²) in [6.07, 6.45) is 5.09. The smallest absolute Gasteiger partial charge is 0.166 e. The second-order valence-electron chi connectivity index (χ2n) is 6.80. The van der Waals surface area contributed by atoms with Crippen LogP contribution in [0.5, 0.6) is 0 Å². The van der Waals surface area contributed by atoms with Crippen molar-refractivity contribution in [1.29, 1.82) is 0 Å². The van der Waals surface area contributed by atoms with Gasteiger partial charge in [-0.1, -0.05) is 30.3 Å². The Bertz CT molecular complexity index is 887. The molecule has 1 fully saturated rings. The molecule has 0 amide bonds. The van der Waals surface area contributed by atoms with Gasteiger partial charge in [-0.2, -0.15) is 5.10 Å². The minimum absolute atomic E-state index is 0.400. The van der Waals surface area contributed by atoms with Gasteiger partial charge in [-0.05, 0) is 37.9 Å². The molecule has 0 spiro atoms. The lowest BCUT2D eigenvalue weighted by atomic mass is 9.94. The lowest BCUT2D eigenvalue weighted by Crippen LogP contribution is -2.34. The average Bonchev–Trinajstić information content (AvgIpc) is 2.97. The maximum absolute atomic E-state index is 11.3. The van der Waals surface area contributed by atoms with Gasteiger partial charge in [0, 0.05) is 30.9 Å². The molecule has 4 rings (SSSR count). The quantitative estimate of drug-likeness (QED) is 0.687. The summed E-state index contributed by atoms with van der Waals surface area (Å²) in [7, 11) is 0. The molecule has 1 unspecified atom stereocenters. The van der Waals surface area contributed by atoms with Crippen LogP contribution < -0.4 is 0 Å². The number of hydrogen-bond donors (Lipinski definition) is 0. The second kappa shape index (κ2) is 6.76. The van der Waals surface area contributed by atoms with E-state index in [9.17, 15) is 4.79 Å². The normalized spacial score (nSPS) is 18.5. The zero-order valence-corrected chi connectivity index (χ0v) is 14.4. The lowest BCUT2D eigenvalue weighted by molar-refractivity contribution is 0.112. The van der Waals surface area contributed by atoms with Gasteiger partial charge in [0.25, 0.3) is 0 Å². The van der Waals surface area contributed by atoms with Crippen LogP contribution in [-0.4, -0.2) is 38.9 Å². The molecule has 0 saturated carbocycles. The standard InChI is InChI=1S/C20H22N4O/c1-15-18(14-25)20-21-19(9-11-24(20)22-15)17-8-5-10-23(13-17)12-16-6-3-2-4-7-16/h2-4,6-7,9,11,14,17H,5,8,10,12-13H2,1H3. The van der Waals surface area contributed by atoms with Crippen LogP contribution in [-0.2, 0) is 6.54 Å². The number of aromatic nitrogens is 3. The fourth-order valence-corrected chi connectivity index (χ4v) is 3.72. The van der Waals surface area contributed by atoms with Crippen LogP contribution in [0.4, 0.5) is 0 Å². The zero-order chi connectivity index (χ0) is 17.2. The van der Waals surface area contributed by atoms with Crippen molar-refractivity contribution in [3.63, 3.8) is 0 Å². The molecule has 1 atom stereocenters. The van der Waals surface area contributed by atoms with E-state index in [0.29, 0.717) is 17.1 Å². The number of carbonyl (C=O) groups excluding carboxylic acids is 1. The SMILES string of the molecule is Cc1nn2ccc(C3CCCN(Cc4ccccc4)C3)nc2c1C=O. The summed E-state index contributed by atoms with van der Waals surface area (Å²) >= 11 is 0. The second-order valence-corrected chi connectivity index (χ2v) is 6.80. The Morgan fingerprint density at radius 3 is 2.88 bits per heavy atom. The maximum Gasteiger partial charge on any atom is 0.166 e. The number of aryl methyl sites for hydroxylation is 1. The van der Waals surface area contributed by atoms with Gasteiger partial charge in [0.15, 0.2) is 11.9 Å². The number of rotatable bonds is 4. The van der Waals surface area contributed by atoms with E-state index in [1.807, 2.05) is 19.2 Å². The molecule has 3 heterocycles. The Morgan fingerprint density at radius 2 is 2.08 bits per heavy atom. The highest BCUT2D eigenvalue weighted by molar-refractivity contribution is 5.85. The summed E-state index contributed by atoms with van der Waals surface area (Å²) in [5, 5.41) is 4.35. The third kappa shape index (κ3) is 3.20. The number of benzene rings is 1. The summed E-state index contributed by atoms with van der Waals surface area (Å²) in [4.78, 5) is 18.6. The molecule has 1 saturated heterocycles. The molecule has 0 radical (unpaired) electrons. The Labute approximate surface area is 147 Å². The topological polar surface area (TPSA) is 50.5 Å². The van der Waals surface area contributed by atoms with Crippen LogP contribution in [0, 0.1) is 6.92 Å². The number of carbonyl (C=O) groups is 1. The molecule has 0 N–H and O–H groups in total. The minimum atomic E-state index is 0.400. The molecule has 1 aliphatic rings. The van der Waals surface area contributed by atoms with Crippen molar-refractivity contribution in [2.24, 2.45) is 0 Å². The number of aldehydes is 1. The first-order chi connectivity index (χ1) is 12.2. The third-order valence-electron chi connectivity index (χ3n) is 5.02. The van der Waals surface area contributed by atoms with Crippen molar-refractivity contribution < 1.29 is 4.79 Å². The maximum atomic E-state index is 11.3. The molecule has 128 valence electrons. The van der Waals surface area contributed by atoms with E-state index in [-0.39, 0.29) is 0 Å². The summed E-state index contributed by atoms with van der Waals surface area (Å²) in [6.45, 7) is 4.95. The number of nitrogens with zero attached hydrogens (tertiary/aromatic N) is 4. The molecule has 0 aliphatic carbocycles. The van der Waals surface area contributed by atoms with Crippen molar-refractivity contribution in [1.82, 2.24) is 19.5 Å². The molecular weight excluding hydrogens is 312 g/mol. The van der Waals surface area contributed by atoms with Crippen LogP contribution >= 0.6 is 0 Å². The Balaban J connectivity index is 1.56. The van der Waals surface area contributed by atoms with Gasteiger partial charge in [-0.3, -0.25) is 9.69 Å². The van der Waals surface area contributed by atoms with Crippen LogP contribution in [0.2, 0.25) is 0 Å². The first kappa shape index (κ1) is 16.0. The summed E-state index contributed by atoms with van der Waals surface area (Å²) in [5.74, 6) is 0.400. The fourth-order valence-electron chi connectivity index (χ4n) is 3.72. The summed E-state index contributed by atoms with van der Waals surface area (Å²) < 4.78 is 1.70. The third-order valence-corrected chi connectivity index (χ3v) is 5.02. The van der Waals surface area contributed by atoms with E-state index in [1.54, 1.807) is 4.52 Å². The van der Waals surface area contributed by atoms with Gasteiger partial charge >= 0.3 is 0 Å². The first-order valence-electron chi connectivity index (χ1n) is 8.82. The molecule has 5 nitrogen and oxygen atoms in total. The van der Waals surface area contributed by atoms with Crippen molar-refractivity contribution in [3.8, 4) is 0 Å².